The number of aliphatic hydroxyl groups excluding tert-OH is 1. The smallest absolute Gasteiger partial charge is 0.303 e. The van der Waals surface area contributed by atoms with Crippen molar-refractivity contribution in [2.75, 3.05) is 13.7 Å². The fourth-order valence-electron chi connectivity index (χ4n) is 1.66. The molecule has 0 amide bonds. The Morgan fingerprint density at radius 2 is 1.76 bits per heavy atom. The van der Waals surface area contributed by atoms with Crippen LogP contribution in [0.2, 0.25) is 0 Å². The van der Waals surface area contributed by atoms with Gasteiger partial charge in [0.1, 0.15) is 6.10 Å². The van der Waals surface area contributed by atoms with Gasteiger partial charge in [0.15, 0.2) is 18.5 Å². The molecule has 0 aliphatic carbocycles. The maximum Gasteiger partial charge on any atom is 0.303 e. The van der Waals surface area contributed by atoms with Gasteiger partial charge in [-0.15, -0.1) is 0 Å². The van der Waals surface area contributed by atoms with E-state index in [1.54, 1.807) is 0 Å². The van der Waals surface area contributed by atoms with Crippen LogP contribution in [0.25, 0.3) is 0 Å². The number of carbonyl (C=O) groups is 2. The first-order chi connectivity index (χ1) is 7.95. The van der Waals surface area contributed by atoms with Gasteiger partial charge in [0.25, 0.3) is 0 Å². The van der Waals surface area contributed by atoms with E-state index in [-0.39, 0.29) is 6.61 Å². The lowest BCUT2D eigenvalue weighted by molar-refractivity contribution is -0.267. The highest BCUT2D eigenvalue weighted by molar-refractivity contribution is 5.67. The Hall–Kier alpha value is -1.18. The molecule has 0 aromatic carbocycles. The minimum Gasteiger partial charge on any atom is -0.456 e. The molecule has 17 heavy (non-hydrogen) atoms. The van der Waals surface area contributed by atoms with Crippen molar-refractivity contribution in [1.82, 2.24) is 0 Å². The Bertz CT molecular complexity index is 290. The molecule has 0 radical (unpaired) electrons. The highest BCUT2D eigenvalue weighted by atomic mass is 16.7. The molecular weight excluding hydrogens is 232 g/mol. The van der Waals surface area contributed by atoms with Crippen LogP contribution < -0.4 is 0 Å². The lowest BCUT2D eigenvalue weighted by atomic mass is 10.0. The molecule has 1 N–H and O–H groups in total. The average molecular weight is 248 g/mol. The third kappa shape index (κ3) is 3.65. The predicted molar refractivity (Wildman–Crippen MR) is 53.9 cm³/mol. The zero-order chi connectivity index (χ0) is 13.0. The quantitative estimate of drug-likeness (QED) is 0.654. The molecule has 0 aromatic rings. The van der Waals surface area contributed by atoms with E-state index in [2.05, 4.69) is 0 Å². The number of ether oxygens (including phenoxy) is 4. The molecule has 0 spiro atoms. The van der Waals surface area contributed by atoms with E-state index in [1.807, 2.05) is 0 Å². The molecule has 7 heteroatoms. The zero-order valence-electron chi connectivity index (χ0n) is 9.91. The monoisotopic (exact) mass is 248 g/mol. The van der Waals surface area contributed by atoms with Crippen LogP contribution in [-0.4, -0.2) is 55.4 Å². The van der Waals surface area contributed by atoms with Crippen LogP contribution in [0.15, 0.2) is 0 Å². The normalized spacial score (nSPS) is 32.9. The third-order valence-corrected chi connectivity index (χ3v) is 2.29. The highest BCUT2D eigenvalue weighted by Crippen LogP contribution is 2.22. The Morgan fingerprint density at radius 1 is 1.18 bits per heavy atom. The molecule has 0 saturated carbocycles. The summed E-state index contributed by atoms with van der Waals surface area (Å²) in [5, 5.41) is 9.53. The van der Waals surface area contributed by atoms with Crippen LogP contribution in [-0.2, 0) is 28.5 Å². The second-order valence-corrected chi connectivity index (χ2v) is 3.65. The van der Waals surface area contributed by atoms with E-state index < -0.39 is 36.5 Å². The SMILES string of the molecule is COC1C(O)OCC(OC(C)=O)C1OC(C)=O. The van der Waals surface area contributed by atoms with Gasteiger partial charge in [-0.1, -0.05) is 0 Å². The molecule has 1 aliphatic rings. The first-order valence-corrected chi connectivity index (χ1v) is 5.12. The summed E-state index contributed by atoms with van der Waals surface area (Å²) in [6.45, 7) is 2.40. The molecule has 4 atom stereocenters. The fraction of sp³-hybridized carbons (Fsp3) is 0.800. The molecule has 0 aromatic heterocycles. The minimum atomic E-state index is -1.23. The fourth-order valence-corrected chi connectivity index (χ4v) is 1.66. The van der Waals surface area contributed by atoms with E-state index >= 15 is 0 Å². The van der Waals surface area contributed by atoms with E-state index in [1.165, 1.54) is 21.0 Å². The predicted octanol–water partition coefficient (Wildman–Crippen LogP) is -0.787. The number of carbonyl (C=O) groups excluding carboxylic acids is 2. The lowest BCUT2D eigenvalue weighted by Crippen LogP contribution is -2.56. The summed E-state index contributed by atoms with van der Waals surface area (Å²) in [6.07, 6.45) is -3.79. The Morgan fingerprint density at radius 3 is 2.24 bits per heavy atom. The van der Waals surface area contributed by atoms with Crippen molar-refractivity contribution in [3.63, 3.8) is 0 Å². The summed E-state index contributed by atoms with van der Waals surface area (Å²) in [7, 11) is 1.34. The summed E-state index contributed by atoms with van der Waals surface area (Å²) in [4.78, 5) is 21.9. The van der Waals surface area contributed by atoms with E-state index in [4.69, 9.17) is 18.9 Å². The lowest BCUT2D eigenvalue weighted by Gasteiger charge is -2.38. The van der Waals surface area contributed by atoms with Crippen molar-refractivity contribution in [3.05, 3.63) is 0 Å². The van der Waals surface area contributed by atoms with E-state index in [0.717, 1.165) is 0 Å². The zero-order valence-corrected chi connectivity index (χ0v) is 9.91. The molecule has 0 bridgehead atoms. The number of esters is 2. The summed E-state index contributed by atoms with van der Waals surface area (Å²) in [5.41, 5.74) is 0. The van der Waals surface area contributed by atoms with Crippen LogP contribution in [0, 0.1) is 0 Å². The highest BCUT2D eigenvalue weighted by Gasteiger charge is 2.44. The van der Waals surface area contributed by atoms with Crippen LogP contribution in [0.5, 0.6) is 0 Å². The Balaban J connectivity index is 2.80. The van der Waals surface area contributed by atoms with Crippen LogP contribution in [0.1, 0.15) is 13.8 Å². The molecule has 98 valence electrons. The maximum absolute atomic E-state index is 11.0. The van der Waals surface area contributed by atoms with Crippen LogP contribution in [0.3, 0.4) is 0 Å². The van der Waals surface area contributed by atoms with Crippen molar-refractivity contribution in [1.29, 1.82) is 0 Å². The average Bonchev–Trinajstić information content (AvgIpc) is 2.21. The van der Waals surface area contributed by atoms with Crippen molar-refractivity contribution < 1.29 is 33.6 Å². The van der Waals surface area contributed by atoms with Crippen molar-refractivity contribution >= 4 is 11.9 Å². The van der Waals surface area contributed by atoms with Gasteiger partial charge < -0.3 is 24.1 Å². The van der Waals surface area contributed by atoms with Crippen LogP contribution >= 0.6 is 0 Å². The number of hydrogen-bond acceptors (Lipinski definition) is 7. The minimum absolute atomic E-state index is 0.0570. The number of rotatable bonds is 3. The number of aliphatic hydroxyl groups is 1. The Labute approximate surface area is 98.6 Å². The topological polar surface area (TPSA) is 91.3 Å². The second kappa shape index (κ2) is 5.95. The van der Waals surface area contributed by atoms with Gasteiger partial charge in [-0.3, -0.25) is 9.59 Å². The largest absolute Gasteiger partial charge is 0.456 e. The molecule has 1 saturated heterocycles. The van der Waals surface area contributed by atoms with E-state index in [9.17, 15) is 14.7 Å². The van der Waals surface area contributed by atoms with Gasteiger partial charge in [-0.2, -0.15) is 0 Å². The van der Waals surface area contributed by atoms with Gasteiger partial charge in [0.2, 0.25) is 0 Å². The van der Waals surface area contributed by atoms with E-state index in [0.29, 0.717) is 0 Å². The third-order valence-electron chi connectivity index (χ3n) is 2.29. The first kappa shape index (κ1) is 13.9. The first-order valence-electron chi connectivity index (χ1n) is 5.12. The molecule has 1 aliphatic heterocycles. The summed E-state index contributed by atoms with van der Waals surface area (Å²) in [6, 6.07) is 0. The maximum atomic E-state index is 11.0. The van der Waals surface area contributed by atoms with Crippen molar-refractivity contribution in [2.24, 2.45) is 0 Å². The van der Waals surface area contributed by atoms with Gasteiger partial charge in [-0.25, -0.2) is 0 Å². The molecule has 1 rings (SSSR count). The summed E-state index contributed by atoms with van der Waals surface area (Å²) < 4.78 is 19.9. The summed E-state index contributed by atoms with van der Waals surface area (Å²) in [5.74, 6) is -1.08. The van der Waals surface area contributed by atoms with Gasteiger partial charge in [-0.05, 0) is 0 Å². The number of methoxy groups -OCH3 is 1. The molecule has 1 heterocycles. The van der Waals surface area contributed by atoms with Gasteiger partial charge in [0.05, 0.1) is 6.61 Å². The van der Waals surface area contributed by atoms with Gasteiger partial charge in [0, 0.05) is 21.0 Å². The van der Waals surface area contributed by atoms with Crippen molar-refractivity contribution in [3.8, 4) is 0 Å². The molecular formula is C10H16O7. The Kier molecular flexibility index (Phi) is 4.86. The molecule has 7 nitrogen and oxygen atoms in total. The van der Waals surface area contributed by atoms with Gasteiger partial charge >= 0.3 is 11.9 Å². The molecule has 1 fully saturated rings. The van der Waals surface area contributed by atoms with Crippen molar-refractivity contribution in [2.45, 2.75) is 38.4 Å². The second-order valence-electron chi connectivity index (χ2n) is 3.65. The molecule has 4 unspecified atom stereocenters. The standard InChI is InChI=1S/C10H16O7/c1-5(11)16-7-4-15-10(13)9(14-3)8(7)17-6(2)12/h7-10,13H,4H2,1-3H3. The summed E-state index contributed by atoms with van der Waals surface area (Å²) >= 11 is 0. The number of hydrogen-bond donors (Lipinski definition) is 1. The van der Waals surface area contributed by atoms with Crippen LogP contribution in [0.4, 0.5) is 0 Å².